The van der Waals surface area contributed by atoms with Gasteiger partial charge in [-0.1, -0.05) is 18.5 Å². The van der Waals surface area contributed by atoms with Gasteiger partial charge in [-0.3, -0.25) is 0 Å². The van der Waals surface area contributed by atoms with Gasteiger partial charge in [-0.05, 0) is 18.6 Å². The quantitative estimate of drug-likeness (QED) is 0.667. The highest BCUT2D eigenvalue weighted by atomic mass is 35.5. The molecule has 0 aliphatic carbocycles. The highest BCUT2D eigenvalue weighted by Crippen LogP contribution is 2.20. The molecule has 1 rings (SSSR count). The van der Waals surface area contributed by atoms with E-state index in [2.05, 4.69) is 12.2 Å². The molecule has 0 aliphatic rings. The molecule has 0 unspecified atom stereocenters. The topological polar surface area (TPSA) is 30.5 Å². The van der Waals surface area contributed by atoms with Gasteiger partial charge < -0.3 is 14.8 Å². The van der Waals surface area contributed by atoms with Crippen molar-refractivity contribution < 1.29 is 9.47 Å². The second kappa shape index (κ2) is 9.85. The summed E-state index contributed by atoms with van der Waals surface area (Å²) in [6.07, 6.45) is 1.06. The molecule has 3 nitrogen and oxygen atoms in total. The summed E-state index contributed by atoms with van der Waals surface area (Å²) in [4.78, 5) is 1.25. The molecule has 1 aromatic rings. The Hall–Kier alpha value is -0.130. The Balaban J connectivity index is 1.84. The first-order valence-electron chi connectivity index (χ1n) is 5.93. The van der Waals surface area contributed by atoms with E-state index in [9.17, 15) is 0 Å². The minimum Gasteiger partial charge on any atom is -0.379 e. The van der Waals surface area contributed by atoms with Gasteiger partial charge in [0.05, 0.1) is 24.2 Å². The van der Waals surface area contributed by atoms with Gasteiger partial charge in [0, 0.05) is 24.6 Å². The zero-order valence-electron chi connectivity index (χ0n) is 10.2. The van der Waals surface area contributed by atoms with E-state index in [1.165, 1.54) is 4.88 Å². The highest BCUT2D eigenvalue weighted by molar-refractivity contribution is 7.16. The molecule has 0 spiro atoms. The average Bonchev–Trinajstić information content (AvgIpc) is 2.73. The van der Waals surface area contributed by atoms with Gasteiger partial charge in [-0.25, -0.2) is 0 Å². The summed E-state index contributed by atoms with van der Waals surface area (Å²) in [5.74, 6) is 0. The SMILES string of the molecule is CCCOCCOCCNCc1ccc(Cl)s1. The summed E-state index contributed by atoms with van der Waals surface area (Å²) < 4.78 is 11.6. The van der Waals surface area contributed by atoms with Crippen LogP contribution in [0, 0.1) is 0 Å². The minimum absolute atomic E-state index is 0.673. The van der Waals surface area contributed by atoms with E-state index in [1.54, 1.807) is 11.3 Å². The monoisotopic (exact) mass is 277 g/mol. The maximum Gasteiger partial charge on any atom is 0.0931 e. The van der Waals surface area contributed by atoms with Crippen LogP contribution >= 0.6 is 22.9 Å². The lowest BCUT2D eigenvalue weighted by atomic mass is 10.4. The van der Waals surface area contributed by atoms with Gasteiger partial charge in [0.1, 0.15) is 0 Å². The van der Waals surface area contributed by atoms with Gasteiger partial charge in [-0.2, -0.15) is 0 Å². The first-order valence-corrected chi connectivity index (χ1v) is 7.12. The van der Waals surface area contributed by atoms with Crippen LogP contribution in [0.4, 0.5) is 0 Å². The van der Waals surface area contributed by atoms with Crippen molar-refractivity contribution in [3.63, 3.8) is 0 Å². The normalized spacial score (nSPS) is 10.9. The zero-order chi connectivity index (χ0) is 12.3. The molecule has 0 saturated heterocycles. The Morgan fingerprint density at radius 3 is 2.59 bits per heavy atom. The van der Waals surface area contributed by atoms with Crippen molar-refractivity contribution >= 4 is 22.9 Å². The Bertz CT molecular complexity index is 294. The predicted molar refractivity (Wildman–Crippen MR) is 73.0 cm³/mol. The molecule has 0 bridgehead atoms. The summed E-state index contributed by atoms with van der Waals surface area (Å²) >= 11 is 7.44. The number of hydrogen-bond donors (Lipinski definition) is 1. The number of halogens is 1. The standard InChI is InChI=1S/C12H20ClNO2S/c1-2-6-15-8-9-16-7-5-14-10-11-3-4-12(13)17-11/h3-4,14H,2,5-10H2,1H3. The third kappa shape index (κ3) is 7.73. The Morgan fingerprint density at radius 1 is 1.18 bits per heavy atom. The van der Waals surface area contributed by atoms with Crippen LogP contribution in [0.2, 0.25) is 4.34 Å². The number of hydrogen-bond acceptors (Lipinski definition) is 4. The fourth-order valence-corrected chi connectivity index (χ4v) is 2.33. The van der Waals surface area contributed by atoms with Crippen LogP contribution in [0.5, 0.6) is 0 Å². The van der Waals surface area contributed by atoms with Crippen LogP contribution in [0.25, 0.3) is 0 Å². The van der Waals surface area contributed by atoms with E-state index in [0.29, 0.717) is 19.8 Å². The van der Waals surface area contributed by atoms with Gasteiger partial charge in [0.25, 0.3) is 0 Å². The molecule has 0 fully saturated rings. The van der Waals surface area contributed by atoms with Crippen molar-refractivity contribution in [2.45, 2.75) is 19.9 Å². The van der Waals surface area contributed by atoms with Crippen molar-refractivity contribution in [2.24, 2.45) is 0 Å². The summed E-state index contributed by atoms with van der Waals surface area (Å²) in [5.41, 5.74) is 0. The first kappa shape index (κ1) is 14.9. The number of ether oxygens (including phenoxy) is 2. The Morgan fingerprint density at radius 2 is 1.94 bits per heavy atom. The largest absolute Gasteiger partial charge is 0.379 e. The lowest BCUT2D eigenvalue weighted by molar-refractivity contribution is 0.0490. The zero-order valence-corrected chi connectivity index (χ0v) is 11.8. The van der Waals surface area contributed by atoms with Gasteiger partial charge in [0.15, 0.2) is 0 Å². The molecule has 0 aromatic carbocycles. The second-order valence-electron chi connectivity index (χ2n) is 3.61. The lowest BCUT2D eigenvalue weighted by Crippen LogP contribution is -2.19. The van der Waals surface area contributed by atoms with Gasteiger partial charge in [-0.15, -0.1) is 11.3 Å². The average molecular weight is 278 g/mol. The fourth-order valence-electron chi connectivity index (χ4n) is 1.27. The van der Waals surface area contributed by atoms with Crippen LogP contribution in [0.15, 0.2) is 12.1 Å². The maximum atomic E-state index is 5.84. The summed E-state index contributed by atoms with van der Waals surface area (Å²) in [6.45, 7) is 6.70. The van der Waals surface area contributed by atoms with Gasteiger partial charge in [0.2, 0.25) is 0 Å². The Labute approximate surface area is 112 Å². The summed E-state index contributed by atoms with van der Waals surface area (Å²) in [6, 6.07) is 3.96. The lowest BCUT2D eigenvalue weighted by Gasteiger charge is -2.05. The van der Waals surface area contributed by atoms with Crippen LogP contribution in [0.3, 0.4) is 0 Å². The number of nitrogens with one attached hydrogen (secondary N) is 1. The third-order valence-corrected chi connectivity index (χ3v) is 3.30. The van der Waals surface area contributed by atoms with E-state index in [-0.39, 0.29) is 0 Å². The molecule has 0 radical (unpaired) electrons. The molecule has 5 heteroatoms. The van der Waals surface area contributed by atoms with Crippen LogP contribution in [0.1, 0.15) is 18.2 Å². The van der Waals surface area contributed by atoms with E-state index in [0.717, 1.165) is 30.5 Å². The summed E-state index contributed by atoms with van der Waals surface area (Å²) in [5, 5.41) is 3.30. The highest BCUT2D eigenvalue weighted by Gasteiger charge is 1.96. The first-order chi connectivity index (χ1) is 8.33. The summed E-state index contributed by atoms with van der Waals surface area (Å²) in [7, 11) is 0. The molecule has 0 atom stereocenters. The number of thiophene rings is 1. The third-order valence-electron chi connectivity index (χ3n) is 2.07. The van der Waals surface area contributed by atoms with E-state index in [4.69, 9.17) is 21.1 Å². The molecule has 1 N–H and O–H groups in total. The predicted octanol–water partition coefficient (Wildman–Crippen LogP) is 2.93. The Kier molecular flexibility index (Phi) is 8.65. The van der Waals surface area contributed by atoms with Crippen molar-refractivity contribution in [3.8, 4) is 0 Å². The molecular formula is C12H20ClNO2S. The molecule has 0 amide bonds. The van der Waals surface area contributed by atoms with E-state index < -0.39 is 0 Å². The molecule has 17 heavy (non-hydrogen) atoms. The minimum atomic E-state index is 0.673. The second-order valence-corrected chi connectivity index (χ2v) is 5.41. The molecule has 1 heterocycles. The van der Waals surface area contributed by atoms with Crippen LogP contribution in [-0.4, -0.2) is 33.0 Å². The molecule has 0 saturated carbocycles. The molecule has 1 aromatic heterocycles. The molecule has 98 valence electrons. The smallest absolute Gasteiger partial charge is 0.0931 e. The van der Waals surface area contributed by atoms with Crippen LogP contribution in [-0.2, 0) is 16.0 Å². The molecular weight excluding hydrogens is 258 g/mol. The fraction of sp³-hybridized carbons (Fsp3) is 0.667. The van der Waals surface area contributed by atoms with E-state index in [1.807, 2.05) is 12.1 Å². The maximum absolute atomic E-state index is 5.84. The van der Waals surface area contributed by atoms with Crippen molar-refractivity contribution in [3.05, 3.63) is 21.3 Å². The van der Waals surface area contributed by atoms with Crippen LogP contribution < -0.4 is 5.32 Å². The van der Waals surface area contributed by atoms with Crippen molar-refractivity contribution in [1.82, 2.24) is 5.32 Å². The number of rotatable bonds is 10. The van der Waals surface area contributed by atoms with Gasteiger partial charge >= 0.3 is 0 Å². The molecule has 0 aliphatic heterocycles. The van der Waals surface area contributed by atoms with Crippen molar-refractivity contribution in [1.29, 1.82) is 0 Å². The van der Waals surface area contributed by atoms with Crippen molar-refractivity contribution in [2.75, 3.05) is 33.0 Å². The van der Waals surface area contributed by atoms with E-state index >= 15 is 0 Å².